The lowest BCUT2D eigenvalue weighted by Crippen LogP contribution is -2.55. The molecule has 0 aromatic heterocycles. The summed E-state index contributed by atoms with van der Waals surface area (Å²) in [6.45, 7) is 0.397. The van der Waals surface area contributed by atoms with Crippen molar-refractivity contribution in [3.63, 3.8) is 0 Å². The molecule has 0 radical (unpaired) electrons. The van der Waals surface area contributed by atoms with Gasteiger partial charge in [-0.3, -0.25) is 4.79 Å². The van der Waals surface area contributed by atoms with E-state index in [-0.39, 0.29) is 24.5 Å². The lowest BCUT2D eigenvalue weighted by atomic mass is 10.2. The summed E-state index contributed by atoms with van der Waals surface area (Å²) in [6, 6.07) is 14.3. The van der Waals surface area contributed by atoms with Crippen molar-refractivity contribution in [2.75, 3.05) is 19.6 Å². The minimum Gasteiger partial charge on any atom is -0.480 e. The number of piperazine rings is 1. The van der Waals surface area contributed by atoms with Crippen LogP contribution < -0.4 is 10.1 Å². The standard InChI is InChI=1S/C17H18N2O5S/c20-17(21)16-12-19(10-9-18-16)25(22,23)15-8-4-7-14(11-15)24-13-5-2-1-3-6-13/h1-8,11,16,18H,9-10,12H2,(H,20,21)/t16-/m0/s1. The smallest absolute Gasteiger partial charge is 0.322 e. The van der Waals surface area contributed by atoms with Crippen LogP contribution in [0.4, 0.5) is 0 Å². The van der Waals surface area contributed by atoms with Crippen LogP contribution in [0.15, 0.2) is 59.5 Å². The van der Waals surface area contributed by atoms with E-state index in [0.717, 1.165) is 0 Å². The predicted molar refractivity (Wildman–Crippen MR) is 91.1 cm³/mol. The van der Waals surface area contributed by atoms with Gasteiger partial charge in [0.25, 0.3) is 0 Å². The maximum absolute atomic E-state index is 12.8. The van der Waals surface area contributed by atoms with E-state index >= 15 is 0 Å². The van der Waals surface area contributed by atoms with Crippen molar-refractivity contribution in [2.24, 2.45) is 0 Å². The largest absolute Gasteiger partial charge is 0.480 e. The molecule has 2 aromatic rings. The minimum absolute atomic E-state index is 0.0759. The fourth-order valence-electron chi connectivity index (χ4n) is 2.58. The van der Waals surface area contributed by atoms with Gasteiger partial charge in [0.15, 0.2) is 0 Å². The average molecular weight is 362 g/mol. The highest BCUT2D eigenvalue weighted by atomic mass is 32.2. The second kappa shape index (κ2) is 7.22. The Balaban J connectivity index is 1.82. The van der Waals surface area contributed by atoms with Crippen molar-refractivity contribution in [2.45, 2.75) is 10.9 Å². The molecule has 0 bridgehead atoms. The van der Waals surface area contributed by atoms with E-state index in [4.69, 9.17) is 9.84 Å². The van der Waals surface area contributed by atoms with Gasteiger partial charge in [-0.25, -0.2) is 8.42 Å². The van der Waals surface area contributed by atoms with Crippen LogP contribution in [0, 0.1) is 0 Å². The van der Waals surface area contributed by atoms with Gasteiger partial charge in [-0.1, -0.05) is 24.3 Å². The number of para-hydroxylation sites is 1. The van der Waals surface area contributed by atoms with Crippen molar-refractivity contribution >= 4 is 16.0 Å². The van der Waals surface area contributed by atoms with E-state index in [2.05, 4.69) is 5.32 Å². The van der Waals surface area contributed by atoms with Crippen LogP contribution in [0.3, 0.4) is 0 Å². The van der Waals surface area contributed by atoms with Crippen LogP contribution in [-0.4, -0.2) is 49.5 Å². The summed E-state index contributed by atoms with van der Waals surface area (Å²) >= 11 is 0. The molecule has 132 valence electrons. The Bertz CT molecular complexity index is 854. The molecule has 1 saturated heterocycles. The third kappa shape index (κ3) is 3.98. The minimum atomic E-state index is -3.79. The third-order valence-electron chi connectivity index (χ3n) is 3.86. The van der Waals surface area contributed by atoms with Crippen LogP contribution in [0.1, 0.15) is 0 Å². The highest BCUT2D eigenvalue weighted by Crippen LogP contribution is 2.25. The summed E-state index contributed by atoms with van der Waals surface area (Å²) in [7, 11) is -3.79. The molecule has 8 heteroatoms. The molecule has 0 saturated carbocycles. The molecule has 2 N–H and O–H groups in total. The lowest BCUT2D eigenvalue weighted by Gasteiger charge is -2.30. The SMILES string of the molecule is O=C(O)[C@@H]1CN(S(=O)(=O)c2cccc(Oc3ccccc3)c2)CCN1. The second-order valence-corrected chi connectivity index (χ2v) is 7.54. The Labute approximate surface area is 145 Å². The fourth-order valence-corrected chi connectivity index (χ4v) is 4.07. The Morgan fingerprint density at radius 2 is 1.84 bits per heavy atom. The normalized spacial score (nSPS) is 18.6. The van der Waals surface area contributed by atoms with Crippen LogP contribution in [0.25, 0.3) is 0 Å². The predicted octanol–water partition coefficient (Wildman–Crippen LogP) is 1.53. The summed E-state index contributed by atoms with van der Waals surface area (Å²) < 4.78 is 32.5. The van der Waals surface area contributed by atoms with Gasteiger partial charge in [0, 0.05) is 25.7 Å². The molecule has 1 atom stereocenters. The molecule has 1 fully saturated rings. The number of nitrogens with zero attached hydrogens (tertiary/aromatic N) is 1. The fraction of sp³-hybridized carbons (Fsp3) is 0.235. The topological polar surface area (TPSA) is 95.9 Å². The average Bonchev–Trinajstić information content (AvgIpc) is 2.63. The number of ether oxygens (including phenoxy) is 1. The molecule has 25 heavy (non-hydrogen) atoms. The first-order valence-electron chi connectivity index (χ1n) is 7.76. The first kappa shape index (κ1) is 17.4. The Morgan fingerprint density at radius 3 is 2.56 bits per heavy atom. The van der Waals surface area contributed by atoms with Gasteiger partial charge in [-0.05, 0) is 24.3 Å². The van der Waals surface area contributed by atoms with Gasteiger partial charge in [0.2, 0.25) is 10.0 Å². The van der Waals surface area contributed by atoms with E-state index < -0.39 is 22.0 Å². The molecule has 1 heterocycles. The monoisotopic (exact) mass is 362 g/mol. The van der Waals surface area contributed by atoms with Gasteiger partial charge >= 0.3 is 5.97 Å². The zero-order valence-corrected chi connectivity index (χ0v) is 14.1. The molecule has 7 nitrogen and oxygen atoms in total. The summed E-state index contributed by atoms with van der Waals surface area (Å²) in [4.78, 5) is 11.2. The highest BCUT2D eigenvalue weighted by molar-refractivity contribution is 7.89. The number of carboxylic acid groups (broad SMARTS) is 1. The number of carboxylic acids is 1. The summed E-state index contributed by atoms with van der Waals surface area (Å²) in [6.07, 6.45) is 0. The first-order valence-corrected chi connectivity index (χ1v) is 9.20. The molecular weight excluding hydrogens is 344 g/mol. The van der Waals surface area contributed by atoms with Gasteiger partial charge < -0.3 is 15.2 Å². The Morgan fingerprint density at radius 1 is 1.12 bits per heavy atom. The van der Waals surface area contributed by atoms with Gasteiger partial charge in [-0.2, -0.15) is 4.31 Å². The van der Waals surface area contributed by atoms with Gasteiger partial charge in [-0.15, -0.1) is 0 Å². The maximum Gasteiger partial charge on any atom is 0.322 e. The van der Waals surface area contributed by atoms with Crippen LogP contribution >= 0.6 is 0 Å². The second-order valence-electron chi connectivity index (χ2n) is 5.60. The van der Waals surface area contributed by atoms with Crippen LogP contribution in [-0.2, 0) is 14.8 Å². The zero-order valence-electron chi connectivity index (χ0n) is 13.3. The quantitative estimate of drug-likeness (QED) is 0.837. The van der Waals surface area contributed by atoms with Crippen molar-refractivity contribution in [3.05, 3.63) is 54.6 Å². The van der Waals surface area contributed by atoms with E-state index in [1.165, 1.54) is 16.4 Å². The number of hydrogen-bond donors (Lipinski definition) is 2. The number of carbonyl (C=O) groups is 1. The molecule has 0 unspecified atom stereocenters. The summed E-state index contributed by atoms with van der Waals surface area (Å²) in [5.74, 6) is -0.0663. The molecule has 0 aliphatic carbocycles. The Hall–Kier alpha value is -2.42. The number of aliphatic carboxylic acids is 1. The van der Waals surface area contributed by atoms with Crippen molar-refractivity contribution in [1.29, 1.82) is 0 Å². The zero-order chi connectivity index (χ0) is 17.9. The van der Waals surface area contributed by atoms with Crippen molar-refractivity contribution in [1.82, 2.24) is 9.62 Å². The molecule has 1 aliphatic rings. The highest BCUT2D eigenvalue weighted by Gasteiger charge is 2.33. The van der Waals surface area contributed by atoms with Gasteiger partial charge in [0.1, 0.15) is 17.5 Å². The molecular formula is C17H18N2O5S. The lowest BCUT2D eigenvalue weighted by molar-refractivity contribution is -0.140. The molecule has 1 aliphatic heterocycles. The van der Waals surface area contributed by atoms with E-state index in [1.807, 2.05) is 18.2 Å². The van der Waals surface area contributed by atoms with E-state index in [9.17, 15) is 13.2 Å². The van der Waals surface area contributed by atoms with Gasteiger partial charge in [0.05, 0.1) is 4.90 Å². The molecule has 0 amide bonds. The number of benzene rings is 2. The maximum atomic E-state index is 12.8. The Kier molecular flexibility index (Phi) is 5.03. The summed E-state index contributed by atoms with van der Waals surface area (Å²) in [5.41, 5.74) is 0. The molecule has 3 rings (SSSR count). The molecule has 0 spiro atoms. The number of sulfonamides is 1. The number of rotatable bonds is 5. The number of hydrogen-bond acceptors (Lipinski definition) is 5. The molecule has 2 aromatic carbocycles. The van der Waals surface area contributed by atoms with Crippen molar-refractivity contribution in [3.8, 4) is 11.5 Å². The number of nitrogens with one attached hydrogen (secondary N) is 1. The summed E-state index contributed by atoms with van der Waals surface area (Å²) in [5, 5.41) is 11.9. The third-order valence-corrected chi connectivity index (χ3v) is 5.72. The van der Waals surface area contributed by atoms with E-state index in [1.54, 1.807) is 24.3 Å². The van der Waals surface area contributed by atoms with Crippen molar-refractivity contribution < 1.29 is 23.1 Å². The van der Waals surface area contributed by atoms with Crippen LogP contribution in [0.5, 0.6) is 11.5 Å². The van der Waals surface area contributed by atoms with Crippen LogP contribution in [0.2, 0.25) is 0 Å². The first-order chi connectivity index (χ1) is 12.0. The van der Waals surface area contributed by atoms with E-state index in [0.29, 0.717) is 11.5 Å².